The number of rotatable bonds is 11. The van der Waals surface area contributed by atoms with Crippen LogP contribution in [-0.4, -0.2) is 53.7 Å². The number of aryl methyl sites for hydroxylation is 1. The Labute approximate surface area is 218 Å². The highest BCUT2D eigenvalue weighted by Crippen LogP contribution is 2.39. The fourth-order valence-corrected chi connectivity index (χ4v) is 5.74. The number of benzene rings is 1. The Hall–Kier alpha value is -2.87. The van der Waals surface area contributed by atoms with Crippen molar-refractivity contribution in [3.05, 3.63) is 40.2 Å². The van der Waals surface area contributed by atoms with Gasteiger partial charge in [0.05, 0.1) is 5.60 Å². The van der Waals surface area contributed by atoms with Crippen LogP contribution in [0, 0.1) is 5.92 Å². The van der Waals surface area contributed by atoms with E-state index in [4.69, 9.17) is 9.15 Å². The SMILES string of the molecule is CCCc1cc(=O)oc2cc(OCC(=O)NCCCCCC(=O)N3CCC4(O)CCCCC4C3)ccc12. The van der Waals surface area contributed by atoms with Crippen molar-refractivity contribution >= 4 is 22.8 Å². The second kappa shape index (κ2) is 12.6. The number of nitrogens with zero attached hydrogens (tertiary/aromatic N) is 1. The van der Waals surface area contributed by atoms with Gasteiger partial charge >= 0.3 is 5.63 Å². The molecule has 0 radical (unpaired) electrons. The van der Waals surface area contributed by atoms with E-state index in [1.807, 2.05) is 11.0 Å². The number of carbonyl (C=O) groups excluding carboxylic acids is 2. The maximum atomic E-state index is 12.6. The smallest absolute Gasteiger partial charge is 0.336 e. The molecule has 1 aliphatic carbocycles. The standard InChI is InChI=1S/C29H40N2O6/c1-2-8-21-17-28(34)37-25-18-23(11-12-24(21)25)36-20-26(32)30-15-7-3-4-10-27(33)31-16-14-29(35)13-6-5-9-22(29)19-31/h11-12,17-18,22,35H,2-10,13-16,19-20H2,1H3,(H,30,32). The largest absolute Gasteiger partial charge is 0.484 e. The number of nitrogens with one attached hydrogen (secondary N) is 1. The first-order valence-electron chi connectivity index (χ1n) is 13.8. The summed E-state index contributed by atoms with van der Waals surface area (Å²) >= 11 is 0. The second-order valence-electron chi connectivity index (χ2n) is 10.6. The minimum absolute atomic E-state index is 0.120. The predicted octanol–water partition coefficient (Wildman–Crippen LogP) is 3.95. The Bertz CT molecular complexity index is 1140. The number of ether oxygens (including phenoxy) is 1. The van der Waals surface area contributed by atoms with E-state index >= 15 is 0 Å². The Morgan fingerprint density at radius 3 is 2.89 bits per heavy atom. The van der Waals surface area contributed by atoms with Crippen LogP contribution in [0.2, 0.25) is 0 Å². The molecule has 4 rings (SSSR count). The van der Waals surface area contributed by atoms with Crippen molar-refractivity contribution in [2.75, 3.05) is 26.2 Å². The van der Waals surface area contributed by atoms with Crippen LogP contribution in [0.25, 0.3) is 11.0 Å². The summed E-state index contributed by atoms with van der Waals surface area (Å²) in [4.78, 5) is 38.6. The number of hydrogen-bond acceptors (Lipinski definition) is 6. The average molecular weight is 513 g/mol. The highest BCUT2D eigenvalue weighted by Gasteiger charge is 2.43. The minimum Gasteiger partial charge on any atom is -0.484 e. The summed E-state index contributed by atoms with van der Waals surface area (Å²) < 4.78 is 10.9. The summed E-state index contributed by atoms with van der Waals surface area (Å²) in [6, 6.07) is 6.82. The number of aliphatic hydroxyl groups is 1. The summed E-state index contributed by atoms with van der Waals surface area (Å²) in [6.45, 7) is 3.82. The van der Waals surface area contributed by atoms with Gasteiger partial charge in [-0.1, -0.05) is 32.6 Å². The van der Waals surface area contributed by atoms with Crippen molar-refractivity contribution in [1.82, 2.24) is 10.2 Å². The number of unbranched alkanes of at least 4 members (excludes halogenated alkanes) is 2. The zero-order valence-corrected chi connectivity index (χ0v) is 21.9. The van der Waals surface area contributed by atoms with E-state index in [-0.39, 0.29) is 30.0 Å². The van der Waals surface area contributed by atoms with Gasteiger partial charge in [-0.15, -0.1) is 0 Å². The van der Waals surface area contributed by atoms with E-state index in [0.29, 0.717) is 43.8 Å². The molecule has 2 heterocycles. The summed E-state index contributed by atoms with van der Waals surface area (Å²) in [7, 11) is 0. The van der Waals surface area contributed by atoms with Crippen LogP contribution in [0.3, 0.4) is 0 Å². The number of fused-ring (bicyclic) bond motifs is 2. The van der Waals surface area contributed by atoms with Crippen molar-refractivity contribution in [2.24, 2.45) is 5.92 Å². The van der Waals surface area contributed by atoms with Crippen molar-refractivity contribution in [3.63, 3.8) is 0 Å². The van der Waals surface area contributed by atoms with Gasteiger partial charge in [-0.3, -0.25) is 9.59 Å². The number of piperidine rings is 1. The Balaban J connectivity index is 1.11. The summed E-state index contributed by atoms with van der Waals surface area (Å²) in [5, 5.41) is 14.5. The van der Waals surface area contributed by atoms with Crippen molar-refractivity contribution in [3.8, 4) is 5.75 Å². The minimum atomic E-state index is -0.556. The molecule has 2 unspecified atom stereocenters. The van der Waals surface area contributed by atoms with Crippen LogP contribution in [0.1, 0.15) is 76.7 Å². The van der Waals surface area contributed by atoms with Crippen molar-refractivity contribution < 1.29 is 23.8 Å². The molecule has 1 aromatic carbocycles. The van der Waals surface area contributed by atoms with Crippen LogP contribution in [0.5, 0.6) is 5.75 Å². The molecule has 1 saturated heterocycles. The van der Waals surface area contributed by atoms with Gasteiger partial charge in [0.25, 0.3) is 5.91 Å². The molecule has 2 fully saturated rings. The van der Waals surface area contributed by atoms with Gasteiger partial charge in [0, 0.05) is 49.5 Å². The zero-order valence-electron chi connectivity index (χ0n) is 21.9. The number of likely N-dealkylation sites (tertiary alicyclic amines) is 1. The molecule has 0 spiro atoms. The van der Waals surface area contributed by atoms with Gasteiger partial charge in [-0.2, -0.15) is 0 Å². The highest BCUT2D eigenvalue weighted by atomic mass is 16.5. The van der Waals surface area contributed by atoms with E-state index in [1.165, 1.54) is 6.07 Å². The fourth-order valence-electron chi connectivity index (χ4n) is 5.74. The molecule has 2 N–H and O–H groups in total. The molecule has 0 bridgehead atoms. The molecular weight excluding hydrogens is 472 g/mol. The van der Waals surface area contributed by atoms with E-state index in [2.05, 4.69) is 12.2 Å². The molecule has 37 heavy (non-hydrogen) atoms. The van der Waals surface area contributed by atoms with E-state index in [9.17, 15) is 19.5 Å². The van der Waals surface area contributed by atoms with Gasteiger partial charge in [-0.05, 0) is 56.2 Å². The molecule has 8 heteroatoms. The monoisotopic (exact) mass is 512 g/mol. The van der Waals surface area contributed by atoms with Crippen LogP contribution in [-0.2, 0) is 16.0 Å². The lowest BCUT2D eigenvalue weighted by molar-refractivity contribution is -0.143. The van der Waals surface area contributed by atoms with E-state index in [1.54, 1.807) is 12.1 Å². The molecule has 2 atom stereocenters. The molecule has 1 saturated carbocycles. The fraction of sp³-hybridized carbons (Fsp3) is 0.621. The topological polar surface area (TPSA) is 109 Å². The Kier molecular flexibility index (Phi) is 9.24. The normalized spacial score (nSPS) is 21.5. The van der Waals surface area contributed by atoms with Gasteiger partial charge in [0.1, 0.15) is 11.3 Å². The lowest BCUT2D eigenvalue weighted by Gasteiger charge is -2.47. The third kappa shape index (κ3) is 7.12. The average Bonchev–Trinajstić information content (AvgIpc) is 2.88. The lowest BCUT2D eigenvalue weighted by atomic mass is 9.71. The Morgan fingerprint density at radius 1 is 1.19 bits per heavy atom. The van der Waals surface area contributed by atoms with Gasteiger partial charge in [0.2, 0.25) is 5.91 Å². The van der Waals surface area contributed by atoms with Crippen LogP contribution in [0.15, 0.2) is 33.5 Å². The first-order chi connectivity index (χ1) is 17.9. The number of amides is 2. The summed E-state index contributed by atoms with van der Waals surface area (Å²) in [5.41, 5.74) is 0.466. The summed E-state index contributed by atoms with van der Waals surface area (Å²) in [6.07, 6.45) is 9.50. The molecular formula is C29H40N2O6. The third-order valence-electron chi connectivity index (χ3n) is 7.86. The van der Waals surface area contributed by atoms with Crippen LogP contribution in [0.4, 0.5) is 0 Å². The van der Waals surface area contributed by atoms with Gasteiger partial charge in [-0.25, -0.2) is 4.79 Å². The van der Waals surface area contributed by atoms with Crippen molar-refractivity contribution in [1.29, 1.82) is 0 Å². The first-order valence-corrected chi connectivity index (χ1v) is 13.8. The molecule has 2 amide bonds. The van der Waals surface area contributed by atoms with Crippen LogP contribution >= 0.6 is 0 Å². The molecule has 2 aromatic rings. The molecule has 8 nitrogen and oxygen atoms in total. The molecule has 2 aliphatic rings. The first kappa shape index (κ1) is 27.2. The third-order valence-corrected chi connectivity index (χ3v) is 7.86. The lowest BCUT2D eigenvalue weighted by Crippen LogP contribution is -2.54. The molecule has 1 aromatic heterocycles. The van der Waals surface area contributed by atoms with Crippen LogP contribution < -0.4 is 15.7 Å². The Morgan fingerprint density at radius 2 is 2.05 bits per heavy atom. The summed E-state index contributed by atoms with van der Waals surface area (Å²) in [5.74, 6) is 0.661. The maximum Gasteiger partial charge on any atom is 0.336 e. The van der Waals surface area contributed by atoms with Gasteiger partial charge < -0.3 is 24.5 Å². The molecule has 1 aliphatic heterocycles. The van der Waals surface area contributed by atoms with E-state index < -0.39 is 5.60 Å². The molecule has 202 valence electrons. The zero-order chi connectivity index (χ0) is 26.3. The highest BCUT2D eigenvalue weighted by molar-refractivity contribution is 5.82. The van der Waals surface area contributed by atoms with Crippen molar-refractivity contribution in [2.45, 2.75) is 83.2 Å². The van der Waals surface area contributed by atoms with Gasteiger partial charge in [0.15, 0.2) is 6.61 Å². The number of carbonyl (C=O) groups is 2. The maximum absolute atomic E-state index is 12.6. The second-order valence-corrected chi connectivity index (χ2v) is 10.6. The quantitative estimate of drug-likeness (QED) is 0.349. The van der Waals surface area contributed by atoms with E-state index in [0.717, 1.165) is 68.7 Å². The predicted molar refractivity (Wildman–Crippen MR) is 142 cm³/mol. The number of hydrogen-bond donors (Lipinski definition) is 2.